The number of carbonyl (C=O) groups excluding carboxylic acids is 2. The van der Waals surface area contributed by atoms with Gasteiger partial charge in [0.05, 0.1) is 6.61 Å². The summed E-state index contributed by atoms with van der Waals surface area (Å²) in [6, 6.07) is 0. The minimum atomic E-state index is -0.790. The fourth-order valence-electron chi connectivity index (χ4n) is 3.79. The van der Waals surface area contributed by atoms with Gasteiger partial charge in [0.15, 0.2) is 6.10 Å². The minimum absolute atomic E-state index is 0.0925. The maximum Gasteiger partial charge on any atom is 0.306 e. The number of hydrogen-bond donors (Lipinski definition) is 1. The zero-order valence-electron chi connectivity index (χ0n) is 24.9. The molecule has 39 heavy (non-hydrogen) atoms. The number of rotatable bonds is 26. The quantitative estimate of drug-likeness (QED) is 0.0509. The number of hydrogen-bond acceptors (Lipinski definition) is 5. The molecule has 0 saturated heterocycles. The highest BCUT2D eigenvalue weighted by atomic mass is 16.6. The molecule has 0 spiro atoms. The minimum Gasteiger partial charge on any atom is -0.462 e. The van der Waals surface area contributed by atoms with E-state index in [2.05, 4.69) is 38.2 Å². The molecule has 0 radical (unpaired) electrons. The molecule has 0 amide bonds. The van der Waals surface area contributed by atoms with Crippen molar-refractivity contribution in [2.24, 2.45) is 0 Å². The topological polar surface area (TPSA) is 72.8 Å². The second-order valence-electron chi connectivity index (χ2n) is 9.88. The van der Waals surface area contributed by atoms with Crippen molar-refractivity contribution in [3.05, 3.63) is 60.8 Å². The summed E-state index contributed by atoms with van der Waals surface area (Å²) in [5, 5.41) is 9.47. The maximum atomic E-state index is 12.0. The van der Waals surface area contributed by atoms with Gasteiger partial charge in [-0.15, -0.1) is 0 Å². The predicted molar refractivity (Wildman–Crippen MR) is 163 cm³/mol. The molecule has 0 aromatic carbocycles. The summed E-state index contributed by atoms with van der Waals surface area (Å²) in [6.07, 6.45) is 37.0. The molecule has 0 aliphatic heterocycles. The van der Waals surface area contributed by atoms with E-state index in [-0.39, 0.29) is 25.2 Å². The molecule has 0 fully saturated rings. The molecule has 0 aliphatic carbocycles. The average Bonchev–Trinajstić information content (AvgIpc) is 2.94. The highest BCUT2D eigenvalue weighted by molar-refractivity contribution is 5.70. The Hall–Kier alpha value is -2.40. The van der Waals surface area contributed by atoms with Gasteiger partial charge in [-0.2, -0.15) is 0 Å². The SMILES string of the molecule is CC/C=C/C=C/C=C/C=C/CCCCCC(=O)OCC(CO)OC(=O)CCCCCCC/C=C/CCCCC. The molecule has 1 atom stereocenters. The van der Waals surface area contributed by atoms with Gasteiger partial charge in [-0.05, 0) is 57.8 Å². The molecule has 0 aliphatic rings. The molecule has 0 rings (SSSR count). The highest BCUT2D eigenvalue weighted by Crippen LogP contribution is 2.10. The first-order valence-corrected chi connectivity index (χ1v) is 15.4. The zero-order chi connectivity index (χ0) is 28.7. The van der Waals surface area contributed by atoms with Gasteiger partial charge in [-0.25, -0.2) is 0 Å². The number of aliphatic hydroxyl groups excluding tert-OH is 1. The van der Waals surface area contributed by atoms with E-state index in [1.54, 1.807) is 0 Å². The van der Waals surface area contributed by atoms with Crippen LogP contribution < -0.4 is 0 Å². The van der Waals surface area contributed by atoms with Crippen molar-refractivity contribution in [1.82, 2.24) is 0 Å². The van der Waals surface area contributed by atoms with Gasteiger partial charge in [-0.3, -0.25) is 9.59 Å². The van der Waals surface area contributed by atoms with Crippen molar-refractivity contribution < 1.29 is 24.2 Å². The van der Waals surface area contributed by atoms with E-state index < -0.39 is 6.10 Å². The van der Waals surface area contributed by atoms with Crippen LogP contribution in [0.1, 0.15) is 123 Å². The van der Waals surface area contributed by atoms with Gasteiger partial charge < -0.3 is 14.6 Å². The summed E-state index contributed by atoms with van der Waals surface area (Å²) in [5.41, 5.74) is 0. The third kappa shape index (κ3) is 28.4. The van der Waals surface area contributed by atoms with Gasteiger partial charge in [0, 0.05) is 12.8 Å². The lowest BCUT2D eigenvalue weighted by Gasteiger charge is -2.15. The zero-order valence-corrected chi connectivity index (χ0v) is 24.9. The van der Waals surface area contributed by atoms with Crippen LogP contribution in [0.2, 0.25) is 0 Å². The molecule has 1 N–H and O–H groups in total. The Balaban J connectivity index is 3.72. The van der Waals surface area contributed by atoms with Crippen LogP contribution in [0.15, 0.2) is 60.8 Å². The van der Waals surface area contributed by atoms with Crippen LogP contribution >= 0.6 is 0 Å². The first-order chi connectivity index (χ1) is 19.1. The van der Waals surface area contributed by atoms with Gasteiger partial charge >= 0.3 is 11.9 Å². The standard InChI is InChI=1S/C34H56O5/c1-3-5-7-9-11-13-15-17-19-20-22-24-26-28-33(36)38-31-32(30-35)39-34(37)29-27-25-23-21-18-16-14-12-10-8-6-4-2/h5,7,9,11-15,17,19,32,35H,3-4,6,8,10,16,18,20-31H2,1-2H3/b7-5+,11-9+,14-12+,15-13+,19-17+. The van der Waals surface area contributed by atoms with E-state index in [0.29, 0.717) is 12.8 Å². The van der Waals surface area contributed by atoms with Gasteiger partial charge in [0.2, 0.25) is 0 Å². The summed E-state index contributed by atoms with van der Waals surface area (Å²) in [6.45, 7) is 3.89. The van der Waals surface area contributed by atoms with E-state index in [9.17, 15) is 14.7 Å². The number of aliphatic hydroxyl groups is 1. The number of unbranched alkanes of at least 4 members (excludes halogenated alkanes) is 11. The molecule has 0 aromatic rings. The maximum absolute atomic E-state index is 12.0. The van der Waals surface area contributed by atoms with Crippen LogP contribution in [0.4, 0.5) is 0 Å². The Morgan fingerprint density at radius 3 is 1.77 bits per heavy atom. The summed E-state index contributed by atoms with van der Waals surface area (Å²) < 4.78 is 10.5. The number of esters is 2. The van der Waals surface area contributed by atoms with Crippen molar-refractivity contribution in [1.29, 1.82) is 0 Å². The van der Waals surface area contributed by atoms with Crippen molar-refractivity contribution in [2.45, 2.75) is 129 Å². The smallest absolute Gasteiger partial charge is 0.306 e. The van der Waals surface area contributed by atoms with Gasteiger partial charge in [-0.1, -0.05) is 113 Å². The lowest BCUT2D eigenvalue weighted by atomic mass is 10.1. The Labute approximate surface area is 239 Å². The molecular weight excluding hydrogens is 488 g/mol. The molecule has 0 aromatic heterocycles. The highest BCUT2D eigenvalue weighted by Gasteiger charge is 2.16. The fourth-order valence-corrected chi connectivity index (χ4v) is 3.79. The second kappa shape index (κ2) is 30.1. The molecule has 0 heterocycles. The summed E-state index contributed by atoms with van der Waals surface area (Å²) in [5.74, 6) is -0.657. The second-order valence-corrected chi connectivity index (χ2v) is 9.88. The number of ether oxygens (including phenoxy) is 2. The summed E-state index contributed by atoms with van der Waals surface area (Å²) in [7, 11) is 0. The Bertz CT molecular complexity index is 717. The van der Waals surface area contributed by atoms with Gasteiger partial charge in [0.25, 0.3) is 0 Å². The van der Waals surface area contributed by atoms with Crippen LogP contribution in [0.25, 0.3) is 0 Å². The van der Waals surface area contributed by atoms with Crippen LogP contribution in [0, 0.1) is 0 Å². The van der Waals surface area contributed by atoms with E-state index in [1.165, 1.54) is 38.5 Å². The predicted octanol–water partition coefficient (Wildman–Crippen LogP) is 8.89. The van der Waals surface area contributed by atoms with Crippen molar-refractivity contribution in [3.63, 3.8) is 0 Å². The number of carbonyl (C=O) groups is 2. The van der Waals surface area contributed by atoms with Crippen LogP contribution in [-0.4, -0.2) is 36.4 Å². The van der Waals surface area contributed by atoms with Crippen molar-refractivity contribution in [2.75, 3.05) is 13.2 Å². The molecule has 1 unspecified atom stereocenters. The van der Waals surface area contributed by atoms with E-state index in [0.717, 1.165) is 57.8 Å². The first-order valence-electron chi connectivity index (χ1n) is 15.4. The lowest BCUT2D eigenvalue weighted by Crippen LogP contribution is -2.28. The third-order valence-corrected chi connectivity index (χ3v) is 6.14. The molecule has 222 valence electrons. The van der Waals surface area contributed by atoms with Crippen LogP contribution in [-0.2, 0) is 19.1 Å². The largest absolute Gasteiger partial charge is 0.462 e. The van der Waals surface area contributed by atoms with Crippen LogP contribution in [0.3, 0.4) is 0 Å². The lowest BCUT2D eigenvalue weighted by molar-refractivity contribution is -0.161. The first kappa shape index (κ1) is 36.6. The molecule has 5 heteroatoms. The Kier molecular flexibility index (Phi) is 28.3. The monoisotopic (exact) mass is 544 g/mol. The van der Waals surface area contributed by atoms with Crippen LogP contribution in [0.5, 0.6) is 0 Å². The van der Waals surface area contributed by atoms with E-state index in [1.807, 2.05) is 36.5 Å². The van der Waals surface area contributed by atoms with Crippen molar-refractivity contribution >= 4 is 11.9 Å². The molecule has 0 saturated carbocycles. The molecule has 5 nitrogen and oxygen atoms in total. The van der Waals surface area contributed by atoms with Gasteiger partial charge in [0.1, 0.15) is 6.61 Å². The normalized spacial score (nSPS) is 13.0. The van der Waals surface area contributed by atoms with E-state index in [4.69, 9.17) is 9.47 Å². The fraction of sp³-hybridized carbons (Fsp3) is 0.647. The summed E-state index contributed by atoms with van der Waals surface area (Å²) in [4.78, 5) is 24.0. The van der Waals surface area contributed by atoms with E-state index >= 15 is 0 Å². The van der Waals surface area contributed by atoms with Crippen molar-refractivity contribution in [3.8, 4) is 0 Å². The summed E-state index contributed by atoms with van der Waals surface area (Å²) >= 11 is 0. The average molecular weight is 545 g/mol. The Morgan fingerprint density at radius 2 is 1.13 bits per heavy atom. The number of allylic oxidation sites excluding steroid dienone is 10. The Morgan fingerprint density at radius 1 is 0.615 bits per heavy atom. The third-order valence-electron chi connectivity index (χ3n) is 6.14. The molecular formula is C34H56O5. The molecule has 0 bridgehead atoms.